The van der Waals surface area contributed by atoms with E-state index in [4.69, 9.17) is 10.1 Å². The van der Waals surface area contributed by atoms with Crippen LogP contribution in [0.4, 0.5) is 0 Å². The molecular formula is C16H25N3O2. The second-order valence-corrected chi connectivity index (χ2v) is 6.35. The molecule has 116 valence electrons. The maximum atomic E-state index is 10.6. The second-order valence-electron chi connectivity index (χ2n) is 6.35. The quantitative estimate of drug-likeness (QED) is 0.904. The molecule has 1 atom stereocenters. The molecule has 1 N–H and O–H groups in total. The number of likely N-dealkylation sites (tertiary alicyclic amines) is 1. The summed E-state index contributed by atoms with van der Waals surface area (Å²) < 4.78 is 2.44. The van der Waals surface area contributed by atoms with Gasteiger partial charge in [-0.1, -0.05) is 0 Å². The van der Waals surface area contributed by atoms with Crippen molar-refractivity contribution in [1.82, 2.24) is 14.5 Å². The van der Waals surface area contributed by atoms with E-state index < -0.39 is 5.97 Å². The predicted octanol–water partition coefficient (Wildman–Crippen LogP) is 2.26. The average Bonchev–Trinajstić information content (AvgIpc) is 2.91. The summed E-state index contributed by atoms with van der Waals surface area (Å²) in [6, 6.07) is 0. The van der Waals surface area contributed by atoms with Crippen molar-refractivity contribution in [2.24, 2.45) is 0 Å². The predicted molar refractivity (Wildman–Crippen MR) is 80.4 cm³/mol. The van der Waals surface area contributed by atoms with Crippen LogP contribution in [-0.2, 0) is 17.8 Å². The van der Waals surface area contributed by atoms with Crippen molar-refractivity contribution in [2.45, 2.75) is 57.4 Å². The molecule has 0 amide bonds. The molecule has 0 aromatic carbocycles. The molecule has 3 heterocycles. The molecule has 2 aliphatic rings. The van der Waals surface area contributed by atoms with Crippen molar-refractivity contribution >= 4 is 5.97 Å². The summed E-state index contributed by atoms with van der Waals surface area (Å²) in [5.74, 6) is 1.11. The third-order valence-corrected chi connectivity index (χ3v) is 4.77. The number of aromatic nitrogens is 2. The lowest BCUT2D eigenvalue weighted by atomic mass is 9.96. The summed E-state index contributed by atoms with van der Waals surface area (Å²) in [5.41, 5.74) is 1.40. The van der Waals surface area contributed by atoms with Crippen molar-refractivity contribution in [3.8, 4) is 0 Å². The lowest BCUT2D eigenvalue weighted by Gasteiger charge is -2.33. The van der Waals surface area contributed by atoms with Crippen LogP contribution in [0.2, 0.25) is 0 Å². The first kappa shape index (κ1) is 14.6. The Bertz CT molecular complexity index is 498. The van der Waals surface area contributed by atoms with Gasteiger partial charge in [-0.05, 0) is 51.6 Å². The van der Waals surface area contributed by atoms with Crippen molar-refractivity contribution in [1.29, 1.82) is 0 Å². The molecule has 1 aromatic heterocycles. The number of carboxylic acid groups (broad SMARTS) is 1. The second kappa shape index (κ2) is 6.60. The Kier molecular flexibility index (Phi) is 4.58. The number of carboxylic acids is 1. The molecule has 1 saturated heterocycles. The van der Waals surface area contributed by atoms with Gasteiger partial charge in [-0.2, -0.15) is 0 Å². The molecule has 0 saturated carbocycles. The van der Waals surface area contributed by atoms with Crippen LogP contribution in [0, 0.1) is 0 Å². The van der Waals surface area contributed by atoms with E-state index in [9.17, 15) is 4.79 Å². The number of nitrogens with zero attached hydrogens (tertiary/aromatic N) is 3. The maximum absolute atomic E-state index is 10.6. The first-order valence-corrected chi connectivity index (χ1v) is 8.22. The van der Waals surface area contributed by atoms with Crippen LogP contribution < -0.4 is 0 Å². The molecule has 1 unspecified atom stereocenters. The topological polar surface area (TPSA) is 58.4 Å². The van der Waals surface area contributed by atoms with E-state index in [1.807, 2.05) is 0 Å². The minimum Gasteiger partial charge on any atom is -0.481 e. The van der Waals surface area contributed by atoms with Crippen LogP contribution in [0.3, 0.4) is 0 Å². The van der Waals surface area contributed by atoms with Crippen LogP contribution in [0.15, 0.2) is 6.20 Å². The summed E-state index contributed by atoms with van der Waals surface area (Å²) in [7, 11) is 0. The minimum atomic E-state index is -0.689. The molecule has 3 rings (SSSR count). The van der Waals surface area contributed by atoms with Gasteiger partial charge in [-0.3, -0.25) is 4.79 Å². The maximum Gasteiger partial charge on any atom is 0.303 e. The Morgan fingerprint density at radius 1 is 1.33 bits per heavy atom. The van der Waals surface area contributed by atoms with Gasteiger partial charge >= 0.3 is 5.97 Å². The highest BCUT2D eigenvalue weighted by molar-refractivity contribution is 5.66. The van der Waals surface area contributed by atoms with Crippen LogP contribution >= 0.6 is 0 Å². The highest BCUT2D eigenvalue weighted by atomic mass is 16.4. The largest absolute Gasteiger partial charge is 0.481 e. The zero-order valence-corrected chi connectivity index (χ0v) is 12.6. The monoisotopic (exact) mass is 291 g/mol. The Labute approximate surface area is 126 Å². The zero-order chi connectivity index (χ0) is 14.7. The molecule has 1 fully saturated rings. The normalized spacial score (nSPS) is 23.0. The van der Waals surface area contributed by atoms with Gasteiger partial charge < -0.3 is 14.6 Å². The number of hydrogen-bond donors (Lipinski definition) is 1. The first-order chi connectivity index (χ1) is 10.2. The van der Waals surface area contributed by atoms with Gasteiger partial charge in [0.15, 0.2) is 0 Å². The van der Waals surface area contributed by atoms with Crippen LogP contribution in [0.25, 0.3) is 0 Å². The molecule has 5 nitrogen and oxygen atoms in total. The number of aliphatic carboxylic acids is 1. The van der Waals surface area contributed by atoms with Crippen molar-refractivity contribution in [3.63, 3.8) is 0 Å². The number of imidazole rings is 1. The molecule has 21 heavy (non-hydrogen) atoms. The highest BCUT2D eigenvalue weighted by Gasteiger charge is 2.26. The molecule has 5 heteroatoms. The van der Waals surface area contributed by atoms with Gasteiger partial charge in [0.25, 0.3) is 0 Å². The number of hydrogen-bond acceptors (Lipinski definition) is 3. The number of rotatable bonds is 5. The number of piperidine rings is 1. The van der Waals surface area contributed by atoms with E-state index in [0.717, 1.165) is 32.6 Å². The van der Waals surface area contributed by atoms with Gasteiger partial charge in [0.1, 0.15) is 5.82 Å². The molecule has 0 radical (unpaired) electrons. The van der Waals surface area contributed by atoms with Crippen molar-refractivity contribution < 1.29 is 9.90 Å². The lowest BCUT2D eigenvalue weighted by molar-refractivity contribution is -0.137. The SMILES string of the molecule is O=C(O)CCCN1CCCC(c2ncc3n2CCCC3)C1. The minimum absolute atomic E-state index is 0.278. The third kappa shape index (κ3) is 3.46. The average molecular weight is 291 g/mol. The summed E-state index contributed by atoms with van der Waals surface area (Å²) in [5, 5.41) is 8.75. The summed E-state index contributed by atoms with van der Waals surface area (Å²) in [6.07, 6.45) is 9.23. The van der Waals surface area contributed by atoms with Gasteiger partial charge in [0.2, 0.25) is 0 Å². The highest BCUT2D eigenvalue weighted by Crippen LogP contribution is 2.29. The molecule has 1 aromatic rings. The molecule has 2 aliphatic heterocycles. The van der Waals surface area contributed by atoms with Crippen LogP contribution in [0.5, 0.6) is 0 Å². The first-order valence-electron chi connectivity index (χ1n) is 8.22. The fourth-order valence-corrected chi connectivity index (χ4v) is 3.71. The molecule has 0 aliphatic carbocycles. The lowest BCUT2D eigenvalue weighted by Crippen LogP contribution is -2.36. The molecule has 0 spiro atoms. The van der Waals surface area contributed by atoms with E-state index in [-0.39, 0.29) is 6.42 Å². The molecular weight excluding hydrogens is 266 g/mol. The smallest absolute Gasteiger partial charge is 0.303 e. The Balaban J connectivity index is 1.60. The summed E-state index contributed by atoms with van der Waals surface area (Å²) in [6.45, 7) is 4.16. The zero-order valence-electron chi connectivity index (χ0n) is 12.6. The Hall–Kier alpha value is -1.36. The van der Waals surface area contributed by atoms with Crippen molar-refractivity contribution in [2.75, 3.05) is 19.6 Å². The van der Waals surface area contributed by atoms with Crippen molar-refractivity contribution in [3.05, 3.63) is 17.7 Å². The molecule has 0 bridgehead atoms. The fourth-order valence-electron chi connectivity index (χ4n) is 3.71. The third-order valence-electron chi connectivity index (χ3n) is 4.77. The standard InChI is InChI=1S/C16H25N3O2/c20-15(21)7-4-9-18-8-3-5-13(12-18)16-17-11-14-6-1-2-10-19(14)16/h11,13H,1-10,12H2,(H,20,21). The van der Waals surface area contributed by atoms with Crippen LogP contribution in [0.1, 0.15) is 56.0 Å². The van der Waals surface area contributed by atoms with Gasteiger partial charge in [0, 0.05) is 37.3 Å². The van der Waals surface area contributed by atoms with E-state index in [1.165, 1.54) is 43.6 Å². The number of carbonyl (C=O) groups is 1. The van der Waals surface area contributed by atoms with Gasteiger partial charge in [-0.25, -0.2) is 4.98 Å². The number of fused-ring (bicyclic) bond motifs is 1. The number of aryl methyl sites for hydroxylation is 1. The Morgan fingerprint density at radius 2 is 2.24 bits per heavy atom. The fraction of sp³-hybridized carbons (Fsp3) is 0.750. The van der Waals surface area contributed by atoms with E-state index in [0.29, 0.717) is 5.92 Å². The van der Waals surface area contributed by atoms with Crippen LogP contribution in [-0.4, -0.2) is 45.2 Å². The van der Waals surface area contributed by atoms with E-state index in [1.54, 1.807) is 0 Å². The summed E-state index contributed by atoms with van der Waals surface area (Å²) >= 11 is 0. The Morgan fingerprint density at radius 3 is 3.10 bits per heavy atom. The van der Waals surface area contributed by atoms with E-state index in [2.05, 4.69) is 15.7 Å². The van der Waals surface area contributed by atoms with E-state index >= 15 is 0 Å². The van der Waals surface area contributed by atoms with Gasteiger partial charge in [0.05, 0.1) is 0 Å². The van der Waals surface area contributed by atoms with Gasteiger partial charge in [-0.15, -0.1) is 0 Å². The summed E-state index contributed by atoms with van der Waals surface area (Å²) in [4.78, 5) is 17.7.